The van der Waals surface area contributed by atoms with Gasteiger partial charge in [-0.15, -0.1) is 0 Å². The summed E-state index contributed by atoms with van der Waals surface area (Å²) in [6.07, 6.45) is 10.2. The maximum atomic E-state index is 14.0. The molecular formula is C28H33Cl2N3O2. The van der Waals surface area contributed by atoms with Crippen LogP contribution in [0.1, 0.15) is 68.9 Å². The third kappa shape index (κ3) is 5.09. The van der Waals surface area contributed by atoms with Crippen LogP contribution in [-0.4, -0.2) is 35.3 Å². The van der Waals surface area contributed by atoms with Crippen molar-refractivity contribution in [2.24, 2.45) is 0 Å². The highest BCUT2D eigenvalue weighted by atomic mass is 35.5. The van der Waals surface area contributed by atoms with Gasteiger partial charge in [-0.3, -0.25) is 14.5 Å². The lowest BCUT2D eigenvalue weighted by atomic mass is 9.81. The fourth-order valence-corrected chi connectivity index (χ4v) is 6.34. The second-order valence-corrected chi connectivity index (χ2v) is 11.2. The minimum absolute atomic E-state index is 0.000343. The molecule has 5 nitrogen and oxygen atoms in total. The highest BCUT2D eigenvalue weighted by molar-refractivity contribution is 6.31. The summed E-state index contributed by atoms with van der Waals surface area (Å²) in [6.45, 7) is 0.192. The van der Waals surface area contributed by atoms with Gasteiger partial charge in [0, 0.05) is 39.8 Å². The lowest BCUT2D eigenvalue weighted by Crippen LogP contribution is -2.59. The Morgan fingerprint density at radius 1 is 0.971 bits per heavy atom. The molecule has 1 aliphatic heterocycles. The second kappa shape index (κ2) is 10.5. The molecule has 2 amide bonds. The number of hydrogen-bond donors (Lipinski definition) is 2. The molecule has 0 radical (unpaired) electrons. The lowest BCUT2D eigenvalue weighted by Gasteiger charge is -2.44. The van der Waals surface area contributed by atoms with Gasteiger partial charge in [-0.2, -0.15) is 0 Å². The average Bonchev–Trinajstić information content (AvgIpc) is 2.96. The van der Waals surface area contributed by atoms with Crippen LogP contribution in [0, 0.1) is 0 Å². The molecular weight excluding hydrogens is 481 g/mol. The second-order valence-electron chi connectivity index (χ2n) is 10.3. The van der Waals surface area contributed by atoms with Crippen molar-refractivity contribution in [3.8, 4) is 0 Å². The van der Waals surface area contributed by atoms with Crippen molar-refractivity contribution in [2.45, 2.75) is 81.8 Å². The Kier molecular flexibility index (Phi) is 7.38. The first-order chi connectivity index (χ1) is 17.0. The first-order valence-electron chi connectivity index (χ1n) is 12.9. The highest BCUT2D eigenvalue weighted by Crippen LogP contribution is 2.46. The van der Waals surface area contributed by atoms with E-state index in [0.29, 0.717) is 16.5 Å². The molecule has 2 fully saturated rings. The van der Waals surface area contributed by atoms with E-state index in [9.17, 15) is 9.59 Å². The molecule has 0 saturated heterocycles. The van der Waals surface area contributed by atoms with Crippen LogP contribution in [0.4, 0.5) is 5.69 Å². The Labute approximate surface area is 217 Å². The molecule has 2 aromatic rings. The van der Waals surface area contributed by atoms with Crippen molar-refractivity contribution < 1.29 is 9.59 Å². The number of rotatable bonds is 7. The van der Waals surface area contributed by atoms with Crippen LogP contribution >= 0.6 is 23.2 Å². The average molecular weight is 514 g/mol. The fourth-order valence-electron chi connectivity index (χ4n) is 5.96. The predicted molar refractivity (Wildman–Crippen MR) is 141 cm³/mol. The zero-order valence-corrected chi connectivity index (χ0v) is 21.5. The normalized spacial score (nSPS) is 22.9. The van der Waals surface area contributed by atoms with Crippen LogP contribution in [0.15, 0.2) is 42.5 Å². The molecule has 0 aromatic heterocycles. The summed E-state index contributed by atoms with van der Waals surface area (Å²) in [5.41, 5.74) is 1.56. The van der Waals surface area contributed by atoms with Crippen LogP contribution in [0.2, 0.25) is 10.0 Å². The van der Waals surface area contributed by atoms with Crippen LogP contribution in [0.25, 0.3) is 0 Å². The van der Waals surface area contributed by atoms with E-state index in [1.54, 1.807) is 0 Å². The van der Waals surface area contributed by atoms with Crippen molar-refractivity contribution in [3.05, 3.63) is 63.6 Å². The topological polar surface area (TPSA) is 61.4 Å². The summed E-state index contributed by atoms with van der Waals surface area (Å²) in [5.74, 6) is -0.102. The molecule has 7 heteroatoms. The van der Waals surface area contributed by atoms with Gasteiger partial charge in [0.25, 0.3) is 0 Å². The van der Waals surface area contributed by atoms with Gasteiger partial charge in [0.05, 0.1) is 6.54 Å². The number of carbonyl (C=O) groups excluding carboxylic acids is 2. The highest BCUT2D eigenvalue weighted by Gasteiger charge is 2.53. The van der Waals surface area contributed by atoms with Crippen LogP contribution in [0.5, 0.6) is 0 Å². The summed E-state index contributed by atoms with van der Waals surface area (Å²) in [5, 5.41) is 7.53. The monoisotopic (exact) mass is 513 g/mol. The van der Waals surface area contributed by atoms with Gasteiger partial charge >= 0.3 is 0 Å². The number of nitrogens with one attached hydrogen (secondary N) is 2. The molecule has 2 saturated carbocycles. The molecule has 1 unspecified atom stereocenters. The summed E-state index contributed by atoms with van der Waals surface area (Å²) in [6, 6.07) is 13.7. The molecule has 186 valence electrons. The van der Waals surface area contributed by atoms with Crippen molar-refractivity contribution in [3.63, 3.8) is 0 Å². The number of amides is 2. The molecule has 2 aliphatic carbocycles. The molecule has 0 bridgehead atoms. The summed E-state index contributed by atoms with van der Waals surface area (Å²) < 4.78 is 0. The third-order valence-corrected chi connectivity index (χ3v) is 8.41. The number of nitrogens with zero attached hydrogens (tertiary/aromatic N) is 1. The number of anilines is 1. The van der Waals surface area contributed by atoms with Crippen molar-refractivity contribution >= 4 is 40.7 Å². The minimum atomic E-state index is -1.02. The van der Waals surface area contributed by atoms with Gasteiger partial charge in [0.2, 0.25) is 11.8 Å². The summed E-state index contributed by atoms with van der Waals surface area (Å²) in [7, 11) is 0. The van der Waals surface area contributed by atoms with Crippen molar-refractivity contribution in [2.75, 3.05) is 11.9 Å². The zero-order chi connectivity index (χ0) is 24.4. The SMILES string of the molecule is O=C(CN(C1CCCCCC1)C1(Cc2cccc(Cl)c2)C(=O)Nc2cc(Cl)ccc21)NC1CCC1. The van der Waals surface area contributed by atoms with E-state index in [-0.39, 0.29) is 30.4 Å². The standard InChI is InChI=1S/C28H33Cl2N3O2/c29-20-8-5-7-19(15-20)17-28(24-14-13-21(30)16-25(24)32-27(28)35)33(23-11-3-1-2-4-12-23)18-26(34)31-22-9-6-10-22/h5,7-8,13-16,22-23H,1-4,6,9-12,17-18H2,(H,31,34)(H,32,35). The first-order valence-corrected chi connectivity index (χ1v) is 13.6. The molecule has 1 heterocycles. The van der Waals surface area contributed by atoms with E-state index in [1.807, 2.05) is 42.5 Å². The van der Waals surface area contributed by atoms with Crippen LogP contribution in [-0.2, 0) is 21.5 Å². The number of halogens is 2. The molecule has 1 atom stereocenters. The first kappa shape index (κ1) is 24.6. The molecule has 35 heavy (non-hydrogen) atoms. The lowest BCUT2D eigenvalue weighted by molar-refractivity contribution is -0.135. The summed E-state index contributed by atoms with van der Waals surface area (Å²) >= 11 is 12.7. The van der Waals surface area contributed by atoms with Crippen molar-refractivity contribution in [1.29, 1.82) is 0 Å². The Bertz CT molecular complexity index is 1100. The molecule has 2 N–H and O–H groups in total. The van der Waals surface area contributed by atoms with Gasteiger partial charge in [0.15, 0.2) is 0 Å². The Balaban J connectivity index is 1.60. The molecule has 3 aliphatic rings. The van der Waals surface area contributed by atoms with Crippen LogP contribution in [0.3, 0.4) is 0 Å². The Morgan fingerprint density at radius 3 is 2.40 bits per heavy atom. The Morgan fingerprint density at radius 2 is 1.71 bits per heavy atom. The minimum Gasteiger partial charge on any atom is -0.352 e. The van der Waals surface area contributed by atoms with E-state index in [1.165, 1.54) is 12.8 Å². The molecule has 5 rings (SSSR count). The smallest absolute Gasteiger partial charge is 0.249 e. The zero-order valence-electron chi connectivity index (χ0n) is 20.0. The quantitative estimate of drug-likeness (QED) is 0.441. The predicted octanol–water partition coefficient (Wildman–Crippen LogP) is 6.08. The maximum Gasteiger partial charge on any atom is 0.249 e. The van der Waals surface area contributed by atoms with Gasteiger partial charge in [-0.1, -0.05) is 67.1 Å². The molecule has 2 aromatic carbocycles. The van der Waals surface area contributed by atoms with E-state index >= 15 is 0 Å². The number of benzene rings is 2. The number of carbonyl (C=O) groups is 2. The van der Waals surface area contributed by atoms with Gasteiger partial charge in [-0.05, 0) is 61.9 Å². The maximum absolute atomic E-state index is 14.0. The van der Waals surface area contributed by atoms with E-state index in [2.05, 4.69) is 15.5 Å². The largest absolute Gasteiger partial charge is 0.352 e. The van der Waals surface area contributed by atoms with E-state index in [4.69, 9.17) is 23.2 Å². The van der Waals surface area contributed by atoms with Gasteiger partial charge in [0.1, 0.15) is 5.54 Å². The fraction of sp³-hybridized carbons (Fsp3) is 0.500. The third-order valence-electron chi connectivity index (χ3n) is 7.94. The summed E-state index contributed by atoms with van der Waals surface area (Å²) in [4.78, 5) is 29.6. The molecule has 0 spiro atoms. The van der Waals surface area contributed by atoms with Crippen molar-refractivity contribution in [1.82, 2.24) is 10.2 Å². The van der Waals surface area contributed by atoms with Crippen LogP contribution < -0.4 is 10.6 Å². The van der Waals surface area contributed by atoms with Gasteiger partial charge < -0.3 is 10.6 Å². The van der Waals surface area contributed by atoms with E-state index in [0.717, 1.165) is 61.8 Å². The van der Waals surface area contributed by atoms with Gasteiger partial charge in [-0.25, -0.2) is 0 Å². The number of hydrogen-bond acceptors (Lipinski definition) is 3. The van der Waals surface area contributed by atoms with E-state index < -0.39 is 5.54 Å². The number of fused-ring (bicyclic) bond motifs is 1. The Hall–Kier alpha value is -2.08.